The van der Waals surface area contributed by atoms with Crippen molar-refractivity contribution in [3.8, 4) is 6.07 Å². The highest BCUT2D eigenvalue weighted by Gasteiger charge is 2.30. The molecule has 3 aromatic carbocycles. The topological polar surface area (TPSA) is 93.5 Å². The lowest BCUT2D eigenvalue weighted by Gasteiger charge is -2.36. The molecule has 7 nitrogen and oxygen atoms in total. The Morgan fingerprint density at radius 1 is 1.03 bits per heavy atom. The molecule has 0 bridgehead atoms. The van der Waals surface area contributed by atoms with E-state index in [1.807, 2.05) is 6.07 Å². The maximum absolute atomic E-state index is 13.6. The minimum atomic E-state index is -4.12. The molecule has 0 radical (unpaired) electrons. The predicted octanol–water partition coefficient (Wildman–Crippen LogP) is 4.78. The molecule has 1 saturated heterocycles. The molecule has 1 aliphatic heterocycles. The molecule has 3 aromatic rings. The van der Waals surface area contributed by atoms with E-state index >= 15 is 0 Å². The number of carbonyl (C=O) groups excluding carboxylic acids is 1. The SMILES string of the molecule is Cc1ccc(N2CCCN(Cc3ccc(F)c(F)c3)C2=O)c(NS(=O)(=O)c2ccccc2C#N)c1. The summed E-state index contributed by atoms with van der Waals surface area (Å²) < 4.78 is 55.7. The predicted molar refractivity (Wildman–Crippen MR) is 127 cm³/mol. The summed E-state index contributed by atoms with van der Waals surface area (Å²) in [6.07, 6.45) is 0.590. The maximum Gasteiger partial charge on any atom is 0.324 e. The standard InChI is InChI=1S/C25H22F2N4O3S/c1-17-7-10-23(22(13-17)29-35(33,34)24-6-3-2-5-19(24)15-28)31-12-4-11-30(25(31)32)16-18-8-9-20(26)21(27)14-18/h2-3,5-10,13-14,29H,4,11-12,16H2,1H3. The third-order valence-corrected chi connectivity index (χ3v) is 7.08. The number of hydrogen-bond acceptors (Lipinski definition) is 4. The number of carbonyl (C=O) groups is 1. The smallest absolute Gasteiger partial charge is 0.320 e. The molecular formula is C25H22F2N4O3S. The van der Waals surface area contributed by atoms with Crippen LogP contribution in [0.15, 0.2) is 65.6 Å². The molecule has 0 atom stereocenters. The van der Waals surface area contributed by atoms with Crippen molar-refractivity contribution >= 4 is 27.4 Å². The van der Waals surface area contributed by atoms with Gasteiger partial charge in [-0.3, -0.25) is 9.62 Å². The third kappa shape index (κ3) is 5.10. The number of amides is 2. The Labute approximate surface area is 202 Å². The molecular weight excluding hydrogens is 474 g/mol. The average Bonchev–Trinajstić information content (AvgIpc) is 2.83. The molecule has 0 spiro atoms. The first-order valence-electron chi connectivity index (χ1n) is 10.8. The quantitative estimate of drug-likeness (QED) is 0.532. The van der Waals surface area contributed by atoms with Crippen LogP contribution in [-0.2, 0) is 16.6 Å². The summed E-state index contributed by atoms with van der Waals surface area (Å²) in [6.45, 7) is 2.63. The number of anilines is 2. The van der Waals surface area contributed by atoms with Crippen molar-refractivity contribution in [2.75, 3.05) is 22.7 Å². The van der Waals surface area contributed by atoms with E-state index in [0.29, 0.717) is 30.8 Å². The number of benzene rings is 3. The Bertz CT molecular complexity index is 1440. The maximum atomic E-state index is 13.6. The third-order valence-electron chi connectivity index (χ3n) is 5.65. The van der Waals surface area contributed by atoms with E-state index in [-0.39, 0.29) is 28.7 Å². The highest BCUT2D eigenvalue weighted by atomic mass is 32.2. The largest absolute Gasteiger partial charge is 0.324 e. The fourth-order valence-corrected chi connectivity index (χ4v) is 5.19. The fourth-order valence-electron chi connectivity index (χ4n) is 3.97. The van der Waals surface area contributed by atoms with Crippen molar-refractivity contribution in [3.63, 3.8) is 0 Å². The molecule has 35 heavy (non-hydrogen) atoms. The molecule has 1 aliphatic rings. The van der Waals surface area contributed by atoms with E-state index in [1.165, 1.54) is 34.1 Å². The molecule has 1 N–H and O–H groups in total. The number of urea groups is 1. The second kappa shape index (κ2) is 9.72. The molecule has 0 unspecified atom stereocenters. The summed E-state index contributed by atoms with van der Waals surface area (Å²) in [5.41, 5.74) is 1.76. The van der Waals surface area contributed by atoms with Crippen LogP contribution >= 0.6 is 0 Å². The first kappa shape index (κ1) is 24.2. The Hall–Kier alpha value is -3.97. The van der Waals surface area contributed by atoms with Crippen LogP contribution in [0.2, 0.25) is 0 Å². The highest BCUT2D eigenvalue weighted by molar-refractivity contribution is 7.92. The van der Waals surface area contributed by atoms with Crippen molar-refractivity contribution in [1.29, 1.82) is 5.26 Å². The summed E-state index contributed by atoms with van der Waals surface area (Å²) >= 11 is 0. The van der Waals surface area contributed by atoms with Crippen LogP contribution < -0.4 is 9.62 Å². The lowest BCUT2D eigenvalue weighted by atomic mass is 10.1. The first-order chi connectivity index (χ1) is 16.7. The van der Waals surface area contributed by atoms with Gasteiger partial charge in [0.2, 0.25) is 0 Å². The zero-order valence-corrected chi connectivity index (χ0v) is 19.6. The second-order valence-electron chi connectivity index (χ2n) is 8.19. The molecule has 4 rings (SSSR count). The molecule has 1 heterocycles. The number of sulfonamides is 1. The van der Waals surface area contributed by atoms with Crippen molar-refractivity contribution < 1.29 is 22.0 Å². The lowest BCUT2D eigenvalue weighted by molar-refractivity contribution is 0.192. The summed E-state index contributed by atoms with van der Waals surface area (Å²) in [6, 6.07) is 15.9. The molecule has 1 fully saturated rings. The van der Waals surface area contributed by atoms with E-state index in [9.17, 15) is 27.3 Å². The van der Waals surface area contributed by atoms with Gasteiger partial charge < -0.3 is 4.90 Å². The highest BCUT2D eigenvalue weighted by Crippen LogP contribution is 2.32. The van der Waals surface area contributed by atoms with Crippen molar-refractivity contribution in [2.45, 2.75) is 24.8 Å². The Morgan fingerprint density at radius 3 is 2.54 bits per heavy atom. The fraction of sp³-hybridized carbons (Fsp3) is 0.200. The van der Waals surface area contributed by atoms with Crippen LogP contribution in [-0.4, -0.2) is 32.4 Å². The lowest BCUT2D eigenvalue weighted by Crippen LogP contribution is -2.49. The molecule has 0 aromatic heterocycles. The molecule has 180 valence electrons. The number of nitrogens with zero attached hydrogens (tertiary/aromatic N) is 3. The summed E-state index contributed by atoms with van der Waals surface area (Å²) in [7, 11) is -4.12. The molecule has 0 saturated carbocycles. The van der Waals surface area contributed by atoms with Crippen molar-refractivity contribution in [1.82, 2.24) is 4.90 Å². The van der Waals surface area contributed by atoms with E-state index in [2.05, 4.69) is 4.72 Å². The number of hydrogen-bond donors (Lipinski definition) is 1. The van der Waals surface area contributed by atoms with Gasteiger partial charge in [0, 0.05) is 19.6 Å². The summed E-state index contributed by atoms with van der Waals surface area (Å²) in [5, 5.41) is 9.32. The Balaban J connectivity index is 1.64. The Kier molecular flexibility index (Phi) is 6.71. The van der Waals surface area contributed by atoms with Crippen LogP contribution in [0, 0.1) is 29.9 Å². The van der Waals surface area contributed by atoms with Crippen LogP contribution in [0.1, 0.15) is 23.1 Å². The van der Waals surface area contributed by atoms with Crippen LogP contribution in [0.25, 0.3) is 0 Å². The van der Waals surface area contributed by atoms with Crippen LogP contribution in [0.4, 0.5) is 25.0 Å². The monoisotopic (exact) mass is 496 g/mol. The van der Waals surface area contributed by atoms with Crippen molar-refractivity contribution in [3.05, 3.63) is 89.0 Å². The van der Waals surface area contributed by atoms with E-state index in [4.69, 9.17) is 0 Å². The average molecular weight is 497 g/mol. The number of nitriles is 1. The molecule has 0 aliphatic carbocycles. The summed E-state index contributed by atoms with van der Waals surface area (Å²) in [5.74, 6) is -1.95. The van der Waals surface area contributed by atoms with Gasteiger partial charge in [-0.25, -0.2) is 22.0 Å². The Morgan fingerprint density at radius 2 is 1.80 bits per heavy atom. The zero-order valence-electron chi connectivity index (χ0n) is 18.8. The number of rotatable bonds is 6. The first-order valence-corrected chi connectivity index (χ1v) is 12.3. The normalized spacial score (nSPS) is 14.1. The minimum absolute atomic E-state index is 0.000886. The van der Waals surface area contributed by atoms with Gasteiger partial charge in [-0.1, -0.05) is 24.3 Å². The molecule has 2 amide bonds. The van der Waals surface area contributed by atoms with Crippen LogP contribution in [0.5, 0.6) is 0 Å². The minimum Gasteiger partial charge on any atom is -0.320 e. The number of aryl methyl sites for hydroxylation is 1. The van der Waals surface area contributed by atoms with Gasteiger partial charge in [-0.2, -0.15) is 5.26 Å². The van der Waals surface area contributed by atoms with Gasteiger partial charge in [0.25, 0.3) is 10.0 Å². The van der Waals surface area contributed by atoms with Crippen LogP contribution in [0.3, 0.4) is 0 Å². The van der Waals surface area contributed by atoms with Crippen molar-refractivity contribution in [2.24, 2.45) is 0 Å². The second-order valence-corrected chi connectivity index (χ2v) is 9.84. The number of nitrogens with one attached hydrogen (secondary N) is 1. The van der Waals surface area contributed by atoms with E-state index in [1.54, 1.807) is 31.2 Å². The summed E-state index contributed by atoms with van der Waals surface area (Å²) in [4.78, 5) is 16.1. The van der Waals surface area contributed by atoms with Gasteiger partial charge >= 0.3 is 6.03 Å². The van der Waals surface area contributed by atoms with Gasteiger partial charge in [-0.15, -0.1) is 0 Å². The zero-order chi connectivity index (χ0) is 25.2. The van der Waals surface area contributed by atoms with Gasteiger partial charge in [0.1, 0.15) is 11.0 Å². The molecule has 10 heteroatoms. The van der Waals surface area contributed by atoms with Gasteiger partial charge in [-0.05, 0) is 60.9 Å². The van der Waals surface area contributed by atoms with Gasteiger partial charge in [0.05, 0.1) is 16.9 Å². The van der Waals surface area contributed by atoms with Gasteiger partial charge in [0.15, 0.2) is 11.6 Å². The van der Waals surface area contributed by atoms with E-state index < -0.39 is 21.7 Å². The van der Waals surface area contributed by atoms with E-state index in [0.717, 1.165) is 17.7 Å². The number of halogens is 2.